The van der Waals surface area contributed by atoms with Crippen LogP contribution in [-0.4, -0.2) is 75.9 Å². The Morgan fingerprint density at radius 2 is 2.03 bits per heavy atom. The number of benzene rings is 1. The van der Waals surface area contributed by atoms with Crippen molar-refractivity contribution in [1.82, 2.24) is 30.0 Å². The van der Waals surface area contributed by atoms with Crippen molar-refractivity contribution >= 4 is 28.5 Å². The number of methoxy groups -OCH3 is 1. The minimum atomic E-state index is -0.630. The third-order valence-corrected chi connectivity index (χ3v) is 7.05. The summed E-state index contributed by atoms with van der Waals surface area (Å²) in [4.78, 5) is 35.5. The van der Waals surface area contributed by atoms with E-state index < -0.39 is 11.7 Å². The molecule has 10 nitrogen and oxygen atoms in total. The van der Waals surface area contributed by atoms with Gasteiger partial charge >= 0.3 is 0 Å². The number of nitrogens with one attached hydrogen (secondary N) is 3. The lowest BCUT2D eigenvalue weighted by Crippen LogP contribution is -2.36. The van der Waals surface area contributed by atoms with Gasteiger partial charge in [0.25, 0.3) is 11.8 Å². The Morgan fingerprint density at radius 1 is 1.15 bits per heavy atom. The fourth-order valence-electron chi connectivity index (χ4n) is 4.80. The smallest absolute Gasteiger partial charge is 0.257 e. The molecule has 1 saturated heterocycles. The first kappa shape index (κ1) is 26.5. The minimum absolute atomic E-state index is 0.0702. The minimum Gasteiger partial charge on any atom is -0.383 e. The number of carbonyl (C=O) groups is 2. The molecule has 0 saturated carbocycles. The van der Waals surface area contributed by atoms with Gasteiger partial charge in [0.2, 0.25) is 0 Å². The lowest BCUT2D eigenvalue weighted by molar-refractivity contribution is 0.0946. The second-order valence-electron chi connectivity index (χ2n) is 9.76. The quantitative estimate of drug-likeness (QED) is 0.286. The fraction of sp³-hybridized carbons (Fsp3) is 0.357. The van der Waals surface area contributed by atoms with Crippen LogP contribution in [0, 0.1) is 5.82 Å². The topological polar surface area (TPSA) is 117 Å². The molecule has 1 aliphatic heterocycles. The summed E-state index contributed by atoms with van der Waals surface area (Å²) in [6, 6.07) is 8.02. The Kier molecular flexibility index (Phi) is 7.99. The van der Waals surface area contributed by atoms with Crippen molar-refractivity contribution in [2.45, 2.75) is 32.4 Å². The molecule has 1 fully saturated rings. The van der Waals surface area contributed by atoms with E-state index in [4.69, 9.17) is 4.74 Å². The molecular weight excluding hydrogens is 501 g/mol. The second kappa shape index (κ2) is 11.7. The third kappa shape index (κ3) is 6.15. The maximum Gasteiger partial charge on any atom is 0.257 e. The van der Waals surface area contributed by atoms with Gasteiger partial charge < -0.3 is 20.4 Å². The van der Waals surface area contributed by atoms with Crippen LogP contribution in [0.1, 0.15) is 40.5 Å². The molecule has 3 aromatic heterocycles. The largest absolute Gasteiger partial charge is 0.383 e. The Bertz CT molecular complexity index is 1480. The lowest BCUT2D eigenvalue weighted by atomic mass is 10.1. The molecule has 0 bridgehead atoms. The molecule has 4 aromatic rings. The molecule has 0 unspecified atom stereocenters. The summed E-state index contributed by atoms with van der Waals surface area (Å²) in [6.07, 6.45) is 7.41. The van der Waals surface area contributed by atoms with Crippen molar-refractivity contribution in [3.63, 3.8) is 0 Å². The third-order valence-electron chi connectivity index (χ3n) is 7.05. The molecule has 204 valence electrons. The summed E-state index contributed by atoms with van der Waals surface area (Å²) in [7, 11) is 1.64. The molecule has 11 heteroatoms. The zero-order valence-electron chi connectivity index (χ0n) is 22.0. The number of carbonyl (C=O) groups excluding carboxylic acids is 2. The maximum atomic E-state index is 14.5. The summed E-state index contributed by atoms with van der Waals surface area (Å²) in [5, 5.41) is 10.5. The van der Waals surface area contributed by atoms with E-state index in [0.29, 0.717) is 31.4 Å². The number of hydrogen-bond acceptors (Lipinski definition) is 6. The maximum absolute atomic E-state index is 14.5. The highest BCUT2D eigenvalue weighted by Gasteiger charge is 2.20. The van der Waals surface area contributed by atoms with Gasteiger partial charge in [-0.1, -0.05) is 0 Å². The number of H-pyrrole nitrogens is 1. The Balaban J connectivity index is 1.24. The van der Waals surface area contributed by atoms with E-state index in [0.717, 1.165) is 29.7 Å². The van der Waals surface area contributed by atoms with Gasteiger partial charge in [-0.3, -0.25) is 19.2 Å². The Labute approximate surface area is 225 Å². The SMILES string of the molecule is COCCn1cc(-c2cc3cc(C(=O)Nc4cc(C(=O)NCCN5CCC[C@@H]5C)ccc4F)cnc3[nH]2)cn1. The molecule has 1 aromatic carbocycles. The van der Waals surface area contributed by atoms with Crippen molar-refractivity contribution in [3.05, 3.63) is 65.9 Å². The number of anilines is 1. The summed E-state index contributed by atoms with van der Waals surface area (Å²) < 4.78 is 21.4. The molecule has 39 heavy (non-hydrogen) atoms. The molecule has 1 atom stereocenters. The van der Waals surface area contributed by atoms with Crippen LogP contribution in [-0.2, 0) is 11.3 Å². The van der Waals surface area contributed by atoms with Gasteiger partial charge in [-0.15, -0.1) is 0 Å². The molecule has 4 heterocycles. The zero-order chi connectivity index (χ0) is 27.4. The van der Waals surface area contributed by atoms with Gasteiger partial charge in [-0.25, -0.2) is 9.37 Å². The van der Waals surface area contributed by atoms with E-state index in [1.807, 2.05) is 12.3 Å². The van der Waals surface area contributed by atoms with Crippen LogP contribution in [0.25, 0.3) is 22.3 Å². The van der Waals surface area contributed by atoms with Gasteiger partial charge in [-0.05, 0) is 56.6 Å². The van der Waals surface area contributed by atoms with E-state index in [-0.39, 0.29) is 22.7 Å². The average Bonchev–Trinajstić information content (AvgIpc) is 3.68. The molecule has 2 amide bonds. The standard InChI is InChI=1S/C28H32FN7O3/c1-18-4-3-8-35(18)9-7-30-27(37)19-5-6-23(29)25(13-19)34-28(38)21-12-20-14-24(33-26(20)31-15-21)22-16-32-36(17-22)10-11-39-2/h5-6,12-18H,3-4,7-11H2,1-2H3,(H,30,37)(H,31,33)(H,34,38)/t18-/m0/s1. The molecule has 3 N–H and O–H groups in total. The van der Waals surface area contributed by atoms with E-state index in [1.54, 1.807) is 24.1 Å². The van der Waals surface area contributed by atoms with Crippen LogP contribution in [0.2, 0.25) is 0 Å². The van der Waals surface area contributed by atoms with Gasteiger partial charge in [0.05, 0.1) is 36.3 Å². The number of aromatic amines is 1. The number of pyridine rings is 1. The summed E-state index contributed by atoms with van der Waals surface area (Å²) in [6.45, 7) is 5.68. The monoisotopic (exact) mass is 533 g/mol. The average molecular weight is 534 g/mol. The number of likely N-dealkylation sites (tertiary alicyclic amines) is 1. The highest BCUT2D eigenvalue weighted by Crippen LogP contribution is 2.24. The van der Waals surface area contributed by atoms with Crippen LogP contribution < -0.4 is 10.6 Å². The number of aromatic nitrogens is 4. The predicted molar refractivity (Wildman–Crippen MR) is 146 cm³/mol. The second-order valence-corrected chi connectivity index (χ2v) is 9.76. The van der Waals surface area contributed by atoms with Crippen molar-refractivity contribution in [1.29, 1.82) is 0 Å². The Morgan fingerprint density at radius 3 is 2.82 bits per heavy atom. The normalized spacial score (nSPS) is 15.6. The van der Waals surface area contributed by atoms with Crippen molar-refractivity contribution in [2.75, 3.05) is 38.7 Å². The van der Waals surface area contributed by atoms with E-state index in [1.165, 1.54) is 37.2 Å². The van der Waals surface area contributed by atoms with E-state index in [9.17, 15) is 14.0 Å². The first-order chi connectivity index (χ1) is 18.9. The van der Waals surface area contributed by atoms with Crippen LogP contribution >= 0.6 is 0 Å². The number of halogens is 1. The molecule has 0 spiro atoms. The number of nitrogens with zero attached hydrogens (tertiary/aromatic N) is 4. The van der Waals surface area contributed by atoms with E-state index >= 15 is 0 Å². The molecule has 5 rings (SSSR count). The van der Waals surface area contributed by atoms with Crippen LogP contribution in [0.4, 0.5) is 10.1 Å². The van der Waals surface area contributed by atoms with Gasteiger partial charge in [0.15, 0.2) is 0 Å². The molecule has 1 aliphatic rings. The number of fused-ring (bicyclic) bond motifs is 1. The first-order valence-electron chi connectivity index (χ1n) is 13.0. The highest BCUT2D eigenvalue weighted by molar-refractivity contribution is 6.06. The first-order valence-corrected chi connectivity index (χ1v) is 13.0. The molecular formula is C28H32FN7O3. The number of rotatable bonds is 10. The molecule has 0 aliphatic carbocycles. The van der Waals surface area contributed by atoms with Crippen molar-refractivity contribution in [3.8, 4) is 11.3 Å². The van der Waals surface area contributed by atoms with Gasteiger partial charge in [-0.2, -0.15) is 5.10 Å². The molecule has 0 radical (unpaired) electrons. The fourth-order valence-corrected chi connectivity index (χ4v) is 4.80. The number of ether oxygens (including phenoxy) is 1. The van der Waals surface area contributed by atoms with Gasteiger partial charge in [0, 0.05) is 55.1 Å². The predicted octanol–water partition coefficient (Wildman–Crippen LogP) is 3.68. The van der Waals surface area contributed by atoms with Crippen LogP contribution in [0.3, 0.4) is 0 Å². The summed E-state index contributed by atoms with van der Waals surface area (Å²) in [5.74, 6) is -1.47. The van der Waals surface area contributed by atoms with Crippen molar-refractivity contribution < 1.29 is 18.7 Å². The van der Waals surface area contributed by atoms with Crippen LogP contribution in [0.5, 0.6) is 0 Å². The van der Waals surface area contributed by atoms with E-state index in [2.05, 4.69) is 37.5 Å². The summed E-state index contributed by atoms with van der Waals surface area (Å²) >= 11 is 0. The summed E-state index contributed by atoms with van der Waals surface area (Å²) in [5.41, 5.74) is 2.76. The highest BCUT2D eigenvalue weighted by atomic mass is 19.1. The Hall–Kier alpha value is -4.09. The number of hydrogen-bond donors (Lipinski definition) is 3. The van der Waals surface area contributed by atoms with Crippen molar-refractivity contribution in [2.24, 2.45) is 0 Å². The number of amides is 2. The zero-order valence-corrected chi connectivity index (χ0v) is 22.0. The lowest BCUT2D eigenvalue weighted by Gasteiger charge is -2.20. The van der Waals surface area contributed by atoms with Crippen LogP contribution in [0.15, 0.2) is 48.9 Å². The van der Waals surface area contributed by atoms with Gasteiger partial charge in [0.1, 0.15) is 11.5 Å².